The molecule has 27 heavy (non-hydrogen) atoms. The van der Waals surface area contributed by atoms with Crippen LogP contribution in [0.25, 0.3) is 0 Å². The normalized spacial score (nSPS) is 15.9. The lowest BCUT2D eigenvalue weighted by Crippen LogP contribution is -2.31. The number of carbonyl (C=O) groups excluding carboxylic acids is 1. The zero-order valence-corrected chi connectivity index (χ0v) is 16.3. The molecule has 4 heteroatoms. The molecule has 1 aliphatic heterocycles. The second-order valence-corrected chi connectivity index (χ2v) is 7.42. The van der Waals surface area contributed by atoms with Gasteiger partial charge >= 0.3 is 0 Å². The van der Waals surface area contributed by atoms with Crippen molar-refractivity contribution < 1.29 is 9.53 Å². The molecule has 0 aromatic heterocycles. The summed E-state index contributed by atoms with van der Waals surface area (Å²) in [6.07, 6.45) is 3.90. The number of nitrogens with one attached hydrogen (secondary N) is 2. The Bertz CT molecular complexity index is 719. The minimum absolute atomic E-state index is 0.120. The maximum Gasteiger partial charge on any atom is 0.220 e. The highest BCUT2D eigenvalue weighted by Gasteiger charge is 2.19. The van der Waals surface area contributed by atoms with Gasteiger partial charge in [-0.3, -0.25) is 4.79 Å². The first-order valence-electron chi connectivity index (χ1n) is 9.86. The third-order valence-electron chi connectivity index (χ3n) is 5.40. The zero-order valence-electron chi connectivity index (χ0n) is 16.3. The fourth-order valence-corrected chi connectivity index (χ4v) is 3.65. The largest absolute Gasteiger partial charge is 0.497 e. The smallest absolute Gasteiger partial charge is 0.220 e. The number of hydrogen-bond acceptors (Lipinski definition) is 3. The van der Waals surface area contributed by atoms with Crippen LogP contribution in [0.4, 0.5) is 0 Å². The van der Waals surface area contributed by atoms with Gasteiger partial charge in [-0.05, 0) is 68.5 Å². The van der Waals surface area contributed by atoms with E-state index in [2.05, 4.69) is 41.8 Å². The lowest BCUT2D eigenvalue weighted by molar-refractivity contribution is -0.121. The SMILES string of the molecule is COc1ccc(C(NC(=O)CCC2CCNCC2)c2ccc(C)cc2)cc1. The maximum absolute atomic E-state index is 12.7. The number of hydrogen-bond donors (Lipinski definition) is 2. The van der Waals surface area contributed by atoms with E-state index in [1.165, 1.54) is 18.4 Å². The summed E-state index contributed by atoms with van der Waals surface area (Å²) in [6, 6.07) is 16.2. The predicted octanol–water partition coefficient (Wildman–Crippen LogP) is 3.99. The molecule has 144 valence electrons. The highest BCUT2D eigenvalue weighted by molar-refractivity contribution is 5.77. The van der Waals surface area contributed by atoms with Crippen molar-refractivity contribution in [3.8, 4) is 5.75 Å². The molecule has 1 saturated heterocycles. The molecule has 0 radical (unpaired) electrons. The van der Waals surface area contributed by atoms with Crippen molar-refractivity contribution in [2.24, 2.45) is 5.92 Å². The van der Waals surface area contributed by atoms with Crippen molar-refractivity contribution in [1.82, 2.24) is 10.6 Å². The average molecular weight is 367 g/mol. The van der Waals surface area contributed by atoms with Crippen LogP contribution in [0.3, 0.4) is 0 Å². The summed E-state index contributed by atoms with van der Waals surface area (Å²) in [5.74, 6) is 1.60. The van der Waals surface area contributed by atoms with Gasteiger partial charge in [-0.25, -0.2) is 0 Å². The van der Waals surface area contributed by atoms with Crippen LogP contribution in [-0.4, -0.2) is 26.1 Å². The van der Waals surface area contributed by atoms with Crippen LogP contribution >= 0.6 is 0 Å². The predicted molar refractivity (Wildman–Crippen MR) is 109 cm³/mol. The van der Waals surface area contributed by atoms with Gasteiger partial charge in [0.25, 0.3) is 0 Å². The van der Waals surface area contributed by atoms with Gasteiger partial charge in [-0.2, -0.15) is 0 Å². The lowest BCUT2D eigenvalue weighted by atomic mass is 9.92. The summed E-state index contributed by atoms with van der Waals surface area (Å²) >= 11 is 0. The van der Waals surface area contributed by atoms with Crippen molar-refractivity contribution in [3.63, 3.8) is 0 Å². The second-order valence-electron chi connectivity index (χ2n) is 7.42. The molecule has 0 spiro atoms. The Morgan fingerprint density at radius 3 is 2.26 bits per heavy atom. The van der Waals surface area contributed by atoms with E-state index >= 15 is 0 Å². The van der Waals surface area contributed by atoms with E-state index in [0.717, 1.165) is 36.4 Å². The van der Waals surface area contributed by atoms with Crippen molar-refractivity contribution in [1.29, 1.82) is 0 Å². The Kier molecular flexibility index (Phi) is 6.88. The molecule has 2 N–H and O–H groups in total. The van der Waals surface area contributed by atoms with E-state index in [-0.39, 0.29) is 11.9 Å². The third kappa shape index (κ3) is 5.57. The van der Waals surface area contributed by atoms with Gasteiger partial charge < -0.3 is 15.4 Å². The summed E-state index contributed by atoms with van der Waals surface area (Å²) in [5.41, 5.74) is 3.38. The molecule has 3 rings (SSSR count). The molecule has 0 saturated carbocycles. The molecule has 1 atom stereocenters. The maximum atomic E-state index is 12.7. The van der Waals surface area contributed by atoms with E-state index in [1.54, 1.807) is 7.11 Å². The Morgan fingerprint density at radius 1 is 1.07 bits per heavy atom. The number of piperidine rings is 1. The highest BCUT2D eigenvalue weighted by Crippen LogP contribution is 2.25. The number of aryl methyl sites for hydroxylation is 1. The molecule has 1 fully saturated rings. The minimum atomic E-state index is -0.142. The number of amides is 1. The van der Waals surface area contributed by atoms with Gasteiger partial charge in [-0.1, -0.05) is 42.0 Å². The van der Waals surface area contributed by atoms with Gasteiger partial charge in [-0.15, -0.1) is 0 Å². The standard InChI is InChI=1S/C23H30N2O2/c1-17-3-6-19(7-4-17)23(20-8-10-21(27-2)11-9-20)25-22(26)12-5-18-13-15-24-16-14-18/h3-4,6-11,18,23-24H,5,12-16H2,1-2H3,(H,25,26). The first kappa shape index (κ1) is 19.4. The van der Waals surface area contributed by atoms with Crippen LogP contribution in [0, 0.1) is 12.8 Å². The molecule has 0 aliphatic carbocycles. The first-order valence-corrected chi connectivity index (χ1v) is 9.86. The molecule has 1 unspecified atom stereocenters. The Balaban J connectivity index is 1.70. The quantitative estimate of drug-likeness (QED) is 0.779. The summed E-state index contributed by atoms with van der Waals surface area (Å²) in [6.45, 7) is 4.22. The third-order valence-corrected chi connectivity index (χ3v) is 5.40. The topological polar surface area (TPSA) is 50.4 Å². The monoisotopic (exact) mass is 366 g/mol. The number of benzene rings is 2. The molecule has 0 bridgehead atoms. The van der Waals surface area contributed by atoms with E-state index < -0.39 is 0 Å². The average Bonchev–Trinajstić information content (AvgIpc) is 2.72. The van der Waals surface area contributed by atoms with E-state index in [9.17, 15) is 4.79 Å². The van der Waals surface area contributed by atoms with Crippen LogP contribution in [0.2, 0.25) is 0 Å². The fraction of sp³-hybridized carbons (Fsp3) is 0.435. The highest BCUT2D eigenvalue weighted by atomic mass is 16.5. The zero-order chi connectivity index (χ0) is 19.1. The van der Waals surface area contributed by atoms with Crippen LogP contribution < -0.4 is 15.4 Å². The van der Waals surface area contributed by atoms with Gasteiger partial charge in [0, 0.05) is 6.42 Å². The summed E-state index contributed by atoms with van der Waals surface area (Å²) in [4.78, 5) is 12.7. The number of rotatable bonds is 7. The van der Waals surface area contributed by atoms with Crippen molar-refractivity contribution in [3.05, 3.63) is 65.2 Å². The van der Waals surface area contributed by atoms with Crippen molar-refractivity contribution >= 4 is 5.91 Å². The van der Waals surface area contributed by atoms with Crippen LogP contribution in [0.5, 0.6) is 5.75 Å². The van der Waals surface area contributed by atoms with Crippen molar-refractivity contribution in [2.45, 2.75) is 38.6 Å². The van der Waals surface area contributed by atoms with Gasteiger partial charge in [0.2, 0.25) is 5.91 Å². The summed E-state index contributed by atoms with van der Waals surface area (Å²) < 4.78 is 5.26. The van der Waals surface area contributed by atoms with Crippen LogP contribution in [-0.2, 0) is 4.79 Å². The summed E-state index contributed by atoms with van der Waals surface area (Å²) in [7, 11) is 1.66. The molecular formula is C23H30N2O2. The fourth-order valence-electron chi connectivity index (χ4n) is 3.65. The van der Waals surface area contributed by atoms with E-state index in [1.807, 2.05) is 24.3 Å². The van der Waals surface area contributed by atoms with E-state index in [0.29, 0.717) is 12.3 Å². The Morgan fingerprint density at radius 2 is 1.67 bits per heavy atom. The van der Waals surface area contributed by atoms with E-state index in [4.69, 9.17) is 4.74 Å². The number of methoxy groups -OCH3 is 1. The molecule has 1 amide bonds. The minimum Gasteiger partial charge on any atom is -0.497 e. The van der Waals surface area contributed by atoms with Crippen LogP contribution in [0.15, 0.2) is 48.5 Å². The first-order chi connectivity index (χ1) is 13.2. The van der Waals surface area contributed by atoms with Gasteiger partial charge in [0.15, 0.2) is 0 Å². The molecule has 1 aliphatic rings. The second kappa shape index (κ2) is 9.56. The molecule has 1 heterocycles. The van der Waals surface area contributed by atoms with Gasteiger partial charge in [0.1, 0.15) is 5.75 Å². The van der Waals surface area contributed by atoms with Crippen LogP contribution in [0.1, 0.15) is 48.4 Å². The molecule has 2 aromatic rings. The van der Waals surface area contributed by atoms with Gasteiger partial charge in [0.05, 0.1) is 13.2 Å². The summed E-state index contributed by atoms with van der Waals surface area (Å²) in [5, 5.41) is 6.63. The van der Waals surface area contributed by atoms with Crippen molar-refractivity contribution in [2.75, 3.05) is 20.2 Å². The Hall–Kier alpha value is -2.33. The molecule has 4 nitrogen and oxygen atoms in total. The molecule has 2 aromatic carbocycles. The molecular weight excluding hydrogens is 336 g/mol. The Labute approximate surface area is 162 Å². The lowest BCUT2D eigenvalue weighted by Gasteiger charge is -2.24. The number of carbonyl (C=O) groups is 1. The number of ether oxygens (including phenoxy) is 1.